The van der Waals surface area contributed by atoms with Crippen molar-refractivity contribution in [2.45, 2.75) is 32.1 Å². The van der Waals surface area contributed by atoms with Gasteiger partial charge in [-0.25, -0.2) is 4.79 Å². The van der Waals surface area contributed by atoms with Crippen LogP contribution in [0.2, 0.25) is 0 Å². The van der Waals surface area contributed by atoms with Gasteiger partial charge in [-0.3, -0.25) is 4.79 Å². The molecule has 0 aliphatic heterocycles. The summed E-state index contributed by atoms with van der Waals surface area (Å²) in [5.41, 5.74) is 2.19. The van der Waals surface area contributed by atoms with E-state index in [0.29, 0.717) is 17.9 Å². The second kappa shape index (κ2) is 11.7. The number of carbonyl (C=O) groups is 2. The Morgan fingerprint density at radius 1 is 1.00 bits per heavy atom. The largest absolute Gasteiger partial charge is 0.493 e. The number of ether oxygens (including phenoxy) is 2. The van der Waals surface area contributed by atoms with Crippen molar-refractivity contribution in [3.8, 4) is 11.5 Å². The number of benzene rings is 2. The van der Waals surface area contributed by atoms with Gasteiger partial charge in [-0.1, -0.05) is 42.8 Å². The molecule has 2 aromatic rings. The van der Waals surface area contributed by atoms with Crippen molar-refractivity contribution in [2.75, 3.05) is 14.2 Å². The third-order valence-electron chi connectivity index (χ3n) is 4.90. The smallest absolute Gasteiger partial charge is 0.335 e. The van der Waals surface area contributed by atoms with Crippen LogP contribution in [0.25, 0.3) is 6.08 Å². The molecule has 0 saturated heterocycles. The summed E-state index contributed by atoms with van der Waals surface area (Å²) >= 11 is 0. The molecule has 0 saturated carbocycles. The van der Waals surface area contributed by atoms with Gasteiger partial charge in [0.05, 0.1) is 19.8 Å². The van der Waals surface area contributed by atoms with Crippen molar-refractivity contribution in [1.29, 1.82) is 0 Å². The zero-order valence-corrected chi connectivity index (χ0v) is 17.3. The molecule has 0 fully saturated rings. The summed E-state index contributed by atoms with van der Waals surface area (Å²) in [7, 11) is 3.19. The predicted molar refractivity (Wildman–Crippen MR) is 115 cm³/mol. The second-order valence-corrected chi connectivity index (χ2v) is 7.05. The molecule has 0 bridgehead atoms. The third-order valence-corrected chi connectivity index (χ3v) is 4.90. The zero-order chi connectivity index (χ0) is 21.9. The van der Waals surface area contributed by atoms with Crippen molar-refractivity contribution in [1.82, 2.24) is 0 Å². The molecule has 0 heterocycles. The van der Waals surface area contributed by atoms with Gasteiger partial charge in [-0.2, -0.15) is 0 Å². The summed E-state index contributed by atoms with van der Waals surface area (Å²) in [5.74, 6) is -0.247. The molecule has 0 amide bonds. The minimum Gasteiger partial charge on any atom is -0.493 e. The molecule has 0 radical (unpaired) electrons. The Morgan fingerprint density at radius 2 is 1.73 bits per heavy atom. The first-order chi connectivity index (χ1) is 14.4. The Morgan fingerprint density at radius 3 is 2.33 bits per heavy atom. The quantitative estimate of drug-likeness (QED) is 0.481. The third kappa shape index (κ3) is 6.95. The Hall–Kier alpha value is -3.28. The predicted octanol–water partition coefficient (Wildman–Crippen LogP) is 4.92. The Balaban J connectivity index is 2.17. The van der Waals surface area contributed by atoms with Crippen LogP contribution in [0.3, 0.4) is 0 Å². The lowest BCUT2D eigenvalue weighted by Gasteiger charge is -2.14. The van der Waals surface area contributed by atoms with Crippen molar-refractivity contribution < 1.29 is 29.3 Å². The fourth-order valence-electron chi connectivity index (χ4n) is 3.32. The maximum atomic E-state index is 11.1. The molecule has 160 valence electrons. The minimum atomic E-state index is -0.947. The molecule has 0 aliphatic rings. The van der Waals surface area contributed by atoms with Crippen LogP contribution in [0.5, 0.6) is 11.5 Å². The van der Waals surface area contributed by atoms with Gasteiger partial charge in [0.1, 0.15) is 0 Å². The number of carboxylic acids is 2. The standard InChI is InChI=1S/C24H28O6/c1-29-21-8-5-7-19(23(21)30-2)13-10-17(6-3-4-9-22(25)26)16-18-11-14-20(15-12-18)24(27)28/h5,7-8,10-15,17H,3-4,6,9,16H2,1-2H3,(H,25,26)(H,27,28). The lowest BCUT2D eigenvalue weighted by molar-refractivity contribution is -0.137. The summed E-state index contributed by atoms with van der Waals surface area (Å²) in [5, 5.41) is 17.9. The number of unbranched alkanes of at least 4 members (excludes halogenated alkanes) is 1. The van der Waals surface area contributed by atoms with Crippen molar-refractivity contribution in [3.05, 3.63) is 65.2 Å². The van der Waals surface area contributed by atoms with Gasteiger partial charge in [0, 0.05) is 12.0 Å². The van der Waals surface area contributed by atoms with Gasteiger partial charge < -0.3 is 19.7 Å². The van der Waals surface area contributed by atoms with Gasteiger partial charge in [0.2, 0.25) is 0 Å². The molecule has 0 spiro atoms. The van der Waals surface area contributed by atoms with Gasteiger partial charge in [0.25, 0.3) is 0 Å². The lowest BCUT2D eigenvalue weighted by atomic mass is 9.92. The van der Waals surface area contributed by atoms with Gasteiger partial charge >= 0.3 is 11.9 Å². The van der Waals surface area contributed by atoms with Gasteiger partial charge in [0.15, 0.2) is 11.5 Å². The highest BCUT2D eigenvalue weighted by Crippen LogP contribution is 2.32. The van der Waals surface area contributed by atoms with Crippen LogP contribution in [0, 0.1) is 5.92 Å². The maximum absolute atomic E-state index is 11.1. The van der Waals surface area contributed by atoms with Crippen molar-refractivity contribution in [3.63, 3.8) is 0 Å². The number of para-hydroxylation sites is 1. The summed E-state index contributed by atoms with van der Waals surface area (Å²) in [6, 6.07) is 12.5. The first kappa shape index (κ1) is 23.0. The zero-order valence-electron chi connectivity index (χ0n) is 17.3. The first-order valence-electron chi connectivity index (χ1n) is 9.87. The van der Waals surface area contributed by atoms with Crippen LogP contribution < -0.4 is 9.47 Å². The van der Waals surface area contributed by atoms with Crippen LogP contribution >= 0.6 is 0 Å². The van der Waals surface area contributed by atoms with E-state index in [1.54, 1.807) is 26.4 Å². The fraction of sp³-hybridized carbons (Fsp3) is 0.333. The highest BCUT2D eigenvalue weighted by molar-refractivity contribution is 5.87. The molecule has 0 aliphatic carbocycles. The molecule has 30 heavy (non-hydrogen) atoms. The topological polar surface area (TPSA) is 93.1 Å². The number of hydrogen-bond acceptors (Lipinski definition) is 4. The molecular weight excluding hydrogens is 384 g/mol. The average molecular weight is 412 g/mol. The van der Waals surface area contributed by atoms with Crippen LogP contribution in [0.4, 0.5) is 0 Å². The van der Waals surface area contributed by atoms with Crippen LogP contribution in [-0.4, -0.2) is 36.4 Å². The highest BCUT2D eigenvalue weighted by atomic mass is 16.5. The van der Waals surface area contributed by atoms with Crippen LogP contribution in [0.1, 0.15) is 47.2 Å². The number of rotatable bonds is 12. The lowest BCUT2D eigenvalue weighted by Crippen LogP contribution is -2.04. The molecular formula is C24H28O6. The van der Waals surface area contributed by atoms with Crippen LogP contribution in [-0.2, 0) is 11.2 Å². The molecule has 2 aromatic carbocycles. The summed E-state index contributed by atoms with van der Waals surface area (Å²) in [6.45, 7) is 0. The van der Waals surface area contributed by atoms with Crippen molar-refractivity contribution >= 4 is 18.0 Å². The summed E-state index contributed by atoms with van der Waals surface area (Å²) < 4.78 is 10.8. The van der Waals surface area contributed by atoms with Gasteiger partial charge in [-0.15, -0.1) is 0 Å². The van der Waals surface area contributed by atoms with Crippen LogP contribution in [0.15, 0.2) is 48.5 Å². The number of aliphatic carboxylic acids is 1. The second-order valence-electron chi connectivity index (χ2n) is 7.05. The highest BCUT2D eigenvalue weighted by Gasteiger charge is 2.11. The Kier molecular flexibility index (Phi) is 8.94. The van der Waals surface area contributed by atoms with Crippen molar-refractivity contribution in [2.24, 2.45) is 5.92 Å². The monoisotopic (exact) mass is 412 g/mol. The first-order valence-corrected chi connectivity index (χ1v) is 9.87. The van der Waals surface area contributed by atoms with E-state index in [2.05, 4.69) is 6.08 Å². The summed E-state index contributed by atoms with van der Waals surface area (Å²) in [6.07, 6.45) is 7.24. The van der Waals surface area contributed by atoms with E-state index in [9.17, 15) is 9.59 Å². The molecule has 6 nitrogen and oxygen atoms in total. The summed E-state index contributed by atoms with van der Waals surface area (Å²) in [4.78, 5) is 21.8. The van der Waals surface area contributed by atoms with E-state index in [0.717, 1.165) is 30.4 Å². The van der Waals surface area contributed by atoms with E-state index < -0.39 is 11.9 Å². The number of carboxylic acid groups (broad SMARTS) is 2. The average Bonchev–Trinajstić information content (AvgIpc) is 2.74. The fourth-order valence-corrected chi connectivity index (χ4v) is 3.32. The van der Waals surface area contributed by atoms with Gasteiger partial charge in [-0.05, 0) is 48.9 Å². The molecule has 6 heteroatoms. The normalized spacial score (nSPS) is 11.9. The maximum Gasteiger partial charge on any atom is 0.335 e. The molecule has 1 atom stereocenters. The molecule has 2 rings (SSSR count). The van der Waals surface area contributed by atoms with E-state index in [1.165, 1.54) is 0 Å². The number of aromatic carboxylic acids is 1. The minimum absolute atomic E-state index is 0.160. The molecule has 2 N–H and O–H groups in total. The van der Waals surface area contributed by atoms with E-state index in [4.69, 9.17) is 19.7 Å². The Bertz CT molecular complexity index is 870. The SMILES string of the molecule is COc1cccc(C=CC(CCCCC(=O)O)Cc2ccc(C(=O)O)cc2)c1OC. The number of hydrogen-bond donors (Lipinski definition) is 2. The van der Waals surface area contributed by atoms with E-state index in [1.807, 2.05) is 36.4 Å². The van der Waals surface area contributed by atoms with E-state index >= 15 is 0 Å². The number of allylic oxidation sites excluding steroid dienone is 1. The number of methoxy groups -OCH3 is 2. The molecule has 1 unspecified atom stereocenters. The van der Waals surface area contributed by atoms with E-state index in [-0.39, 0.29) is 17.9 Å². The Labute approximate surface area is 176 Å². The molecule has 0 aromatic heterocycles.